The highest BCUT2D eigenvalue weighted by Crippen LogP contribution is 2.32. The Labute approximate surface area is 132 Å². The summed E-state index contributed by atoms with van der Waals surface area (Å²) < 4.78 is 13.4. The molecular formula is C12H7BrCl2FN3O. The van der Waals surface area contributed by atoms with E-state index in [4.69, 9.17) is 28.9 Å². The second kappa shape index (κ2) is 5.95. The van der Waals surface area contributed by atoms with E-state index in [1.807, 2.05) is 0 Å². The minimum absolute atomic E-state index is 0.00561. The molecule has 2 rings (SSSR count). The molecule has 0 radical (unpaired) electrons. The van der Waals surface area contributed by atoms with Crippen molar-refractivity contribution in [1.29, 1.82) is 0 Å². The summed E-state index contributed by atoms with van der Waals surface area (Å²) in [6.45, 7) is 0. The lowest BCUT2D eigenvalue weighted by molar-refractivity contribution is 0.102. The Kier molecular flexibility index (Phi) is 4.47. The van der Waals surface area contributed by atoms with Crippen molar-refractivity contribution in [2.75, 3.05) is 11.1 Å². The van der Waals surface area contributed by atoms with Gasteiger partial charge in [-0.1, -0.05) is 23.2 Å². The number of amides is 1. The fraction of sp³-hybridized carbons (Fsp3) is 0. The Morgan fingerprint density at radius 3 is 2.70 bits per heavy atom. The quantitative estimate of drug-likeness (QED) is 0.772. The predicted molar refractivity (Wildman–Crippen MR) is 80.7 cm³/mol. The lowest BCUT2D eigenvalue weighted by Gasteiger charge is -2.10. The van der Waals surface area contributed by atoms with E-state index in [0.29, 0.717) is 10.2 Å². The maximum atomic E-state index is 13.1. The molecule has 0 saturated heterocycles. The Hall–Kier alpha value is -1.37. The molecule has 0 aliphatic rings. The zero-order chi connectivity index (χ0) is 14.9. The van der Waals surface area contributed by atoms with Gasteiger partial charge in [0.25, 0.3) is 5.91 Å². The van der Waals surface area contributed by atoms with Gasteiger partial charge in [0.1, 0.15) is 11.0 Å². The minimum Gasteiger partial charge on any atom is -0.397 e. The highest BCUT2D eigenvalue weighted by atomic mass is 79.9. The number of hydrogen-bond donors (Lipinski definition) is 2. The standard InChI is InChI=1S/C12H7BrCl2FN3O/c13-8-1-5(16)2-9(14)10(8)19-12(20)7-3-6(17)4-18-11(7)15/h1-4H,17H2,(H,19,20). The normalized spacial score (nSPS) is 10.4. The van der Waals surface area contributed by atoms with Crippen LogP contribution in [0.3, 0.4) is 0 Å². The van der Waals surface area contributed by atoms with Gasteiger partial charge in [-0.15, -0.1) is 0 Å². The fourth-order valence-corrected chi connectivity index (χ4v) is 2.55. The molecule has 8 heteroatoms. The van der Waals surface area contributed by atoms with Crippen LogP contribution >= 0.6 is 39.1 Å². The molecule has 4 nitrogen and oxygen atoms in total. The number of pyridine rings is 1. The van der Waals surface area contributed by atoms with E-state index in [9.17, 15) is 9.18 Å². The number of nitrogens with two attached hydrogens (primary N) is 1. The molecule has 20 heavy (non-hydrogen) atoms. The molecule has 0 atom stereocenters. The molecule has 1 aromatic carbocycles. The number of aromatic nitrogens is 1. The molecule has 3 N–H and O–H groups in total. The molecular weight excluding hydrogens is 372 g/mol. The molecule has 0 bridgehead atoms. The summed E-state index contributed by atoms with van der Waals surface area (Å²) in [5.41, 5.74) is 6.18. The van der Waals surface area contributed by atoms with Crippen LogP contribution in [0.5, 0.6) is 0 Å². The summed E-state index contributed by atoms with van der Waals surface area (Å²) in [4.78, 5) is 15.9. The molecule has 2 aromatic rings. The van der Waals surface area contributed by atoms with Gasteiger partial charge in [-0.3, -0.25) is 4.79 Å². The predicted octanol–water partition coefficient (Wildman–Crippen LogP) is 4.12. The Morgan fingerprint density at radius 2 is 2.05 bits per heavy atom. The van der Waals surface area contributed by atoms with Crippen molar-refractivity contribution >= 4 is 56.4 Å². The zero-order valence-corrected chi connectivity index (χ0v) is 12.9. The largest absolute Gasteiger partial charge is 0.397 e. The van der Waals surface area contributed by atoms with Crippen molar-refractivity contribution in [2.45, 2.75) is 0 Å². The van der Waals surface area contributed by atoms with E-state index < -0.39 is 11.7 Å². The summed E-state index contributed by atoms with van der Waals surface area (Å²) >= 11 is 14.8. The van der Waals surface area contributed by atoms with Gasteiger partial charge in [-0.2, -0.15) is 0 Å². The number of anilines is 2. The van der Waals surface area contributed by atoms with Gasteiger partial charge in [0, 0.05) is 4.47 Å². The number of carbonyl (C=O) groups excluding carboxylic acids is 1. The monoisotopic (exact) mass is 377 g/mol. The first-order chi connectivity index (χ1) is 9.38. The molecule has 1 heterocycles. The molecule has 0 unspecified atom stereocenters. The van der Waals surface area contributed by atoms with Gasteiger partial charge < -0.3 is 11.1 Å². The maximum absolute atomic E-state index is 13.1. The van der Waals surface area contributed by atoms with E-state index in [-0.39, 0.29) is 21.4 Å². The van der Waals surface area contributed by atoms with E-state index in [2.05, 4.69) is 26.2 Å². The van der Waals surface area contributed by atoms with Crippen molar-refractivity contribution in [3.63, 3.8) is 0 Å². The van der Waals surface area contributed by atoms with Gasteiger partial charge in [-0.05, 0) is 34.1 Å². The molecule has 0 saturated carbocycles. The molecule has 1 aromatic heterocycles. The van der Waals surface area contributed by atoms with Crippen molar-refractivity contribution < 1.29 is 9.18 Å². The van der Waals surface area contributed by atoms with Crippen molar-refractivity contribution in [3.05, 3.63) is 50.4 Å². The van der Waals surface area contributed by atoms with Gasteiger partial charge in [-0.25, -0.2) is 9.37 Å². The first kappa shape index (κ1) is 15.0. The summed E-state index contributed by atoms with van der Waals surface area (Å²) in [6.07, 6.45) is 1.33. The average molecular weight is 379 g/mol. The summed E-state index contributed by atoms with van der Waals surface area (Å²) in [6, 6.07) is 3.65. The van der Waals surface area contributed by atoms with Crippen LogP contribution in [0.2, 0.25) is 10.2 Å². The SMILES string of the molecule is Nc1cnc(Cl)c(C(=O)Nc2c(Cl)cc(F)cc2Br)c1. The maximum Gasteiger partial charge on any atom is 0.258 e. The van der Waals surface area contributed by atoms with Crippen molar-refractivity contribution in [1.82, 2.24) is 4.98 Å². The van der Waals surface area contributed by atoms with Crippen molar-refractivity contribution in [3.8, 4) is 0 Å². The summed E-state index contributed by atoms with van der Waals surface area (Å²) in [5.74, 6) is -1.08. The Morgan fingerprint density at radius 1 is 1.35 bits per heavy atom. The summed E-state index contributed by atoms with van der Waals surface area (Å²) in [7, 11) is 0. The lowest BCUT2D eigenvalue weighted by Crippen LogP contribution is -2.14. The fourth-order valence-electron chi connectivity index (χ4n) is 1.47. The third kappa shape index (κ3) is 3.20. The smallest absolute Gasteiger partial charge is 0.258 e. The van der Waals surface area contributed by atoms with E-state index in [1.165, 1.54) is 18.3 Å². The third-order valence-corrected chi connectivity index (χ3v) is 3.57. The number of halogens is 4. The van der Waals surface area contributed by atoms with Gasteiger partial charge in [0.15, 0.2) is 0 Å². The van der Waals surface area contributed by atoms with Crippen molar-refractivity contribution in [2.24, 2.45) is 0 Å². The lowest BCUT2D eigenvalue weighted by atomic mass is 10.2. The van der Waals surface area contributed by atoms with Crippen LogP contribution in [0.4, 0.5) is 15.8 Å². The van der Waals surface area contributed by atoms with Gasteiger partial charge in [0.05, 0.1) is 28.2 Å². The van der Waals surface area contributed by atoms with E-state index >= 15 is 0 Å². The van der Waals surface area contributed by atoms with E-state index in [0.717, 1.165) is 6.07 Å². The number of benzene rings is 1. The van der Waals surface area contributed by atoms with Gasteiger partial charge in [0.2, 0.25) is 0 Å². The van der Waals surface area contributed by atoms with Gasteiger partial charge >= 0.3 is 0 Å². The first-order valence-corrected chi connectivity index (χ1v) is 6.80. The Balaban J connectivity index is 2.35. The second-order valence-electron chi connectivity index (χ2n) is 3.81. The number of carbonyl (C=O) groups is 1. The highest BCUT2D eigenvalue weighted by molar-refractivity contribution is 9.10. The van der Waals surface area contributed by atoms with Crippen LogP contribution in [0, 0.1) is 5.82 Å². The number of nitrogens with zero attached hydrogens (tertiary/aromatic N) is 1. The first-order valence-electron chi connectivity index (χ1n) is 5.25. The zero-order valence-electron chi connectivity index (χ0n) is 9.75. The van der Waals surface area contributed by atoms with Crippen LogP contribution in [-0.2, 0) is 0 Å². The molecule has 0 spiro atoms. The topological polar surface area (TPSA) is 68.0 Å². The number of hydrogen-bond acceptors (Lipinski definition) is 3. The van der Waals surface area contributed by atoms with Crippen LogP contribution in [0.15, 0.2) is 28.9 Å². The molecule has 0 fully saturated rings. The third-order valence-electron chi connectivity index (χ3n) is 2.35. The second-order valence-corrected chi connectivity index (χ2v) is 5.43. The number of nitrogens with one attached hydrogen (secondary N) is 1. The Bertz CT molecular complexity index is 673. The van der Waals surface area contributed by atoms with Crippen LogP contribution in [0.1, 0.15) is 10.4 Å². The molecule has 0 aliphatic carbocycles. The van der Waals surface area contributed by atoms with E-state index in [1.54, 1.807) is 0 Å². The number of nitrogen functional groups attached to an aromatic ring is 1. The molecule has 104 valence electrons. The molecule has 1 amide bonds. The van der Waals surface area contributed by atoms with Crippen LogP contribution in [-0.4, -0.2) is 10.9 Å². The van der Waals surface area contributed by atoms with Crippen LogP contribution < -0.4 is 11.1 Å². The highest BCUT2D eigenvalue weighted by Gasteiger charge is 2.16. The minimum atomic E-state index is -0.552. The number of rotatable bonds is 2. The van der Waals surface area contributed by atoms with Crippen LogP contribution in [0.25, 0.3) is 0 Å². The molecule has 0 aliphatic heterocycles. The summed E-state index contributed by atoms with van der Waals surface area (Å²) in [5, 5.41) is 2.59. The average Bonchev–Trinajstić information content (AvgIpc) is 2.36.